The van der Waals surface area contributed by atoms with E-state index in [-0.39, 0.29) is 11.4 Å². The van der Waals surface area contributed by atoms with Crippen LogP contribution >= 0.6 is 0 Å². The summed E-state index contributed by atoms with van der Waals surface area (Å²) in [6, 6.07) is 6.27. The van der Waals surface area contributed by atoms with Crippen LogP contribution in [0.4, 0.5) is 10.1 Å². The van der Waals surface area contributed by atoms with Gasteiger partial charge in [0.1, 0.15) is 11.6 Å². The Balaban J connectivity index is 1.70. The third-order valence-corrected chi connectivity index (χ3v) is 4.62. The van der Waals surface area contributed by atoms with E-state index in [1.165, 1.54) is 36.0 Å². The zero-order chi connectivity index (χ0) is 17.8. The summed E-state index contributed by atoms with van der Waals surface area (Å²) in [4.78, 5) is 18.9. The fourth-order valence-corrected chi connectivity index (χ4v) is 3.37. The molecule has 0 aliphatic carbocycles. The third-order valence-electron chi connectivity index (χ3n) is 4.62. The molecule has 0 atom stereocenters. The van der Waals surface area contributed by atoms with Crippen LogP contribution in [-0.2, 0) is 0 Å². The molecule has 2 heterocycles. The van der Waals surface area contributed by atoms with E-state index in [0.29, 0.717) is 29.4 Å². The second-order valence-corrected chi connectivity index (χ2v) is 6.61. The van der Waals surface area contributed by atoms with Crippen molar-refractivity contribution in [3.8, 4) is 5.69 Å². The molecule has 0 spiro atoms. The molecule has 2 aromatic rings. The van der Waals surface area contributed by atoms with Gasteiger partial charge in [0, 0.05) is 30.9 Å². The predicted octanol–water partition coefficient (Wildman–Crippen LogP) is 2.89. The summed E-state index contributed by atoms with van der Waals surface area (Å²) in [7, 11) is 0. The number of halogens is 1. The highest BCUT2D eigenvalue weighted by molar-refractivity contribution is 5.50. The van der Waals surface area contributed by atoms with E-state index < -0.39 is 0 Å². The van der Waals surface area contributed by atoms with E-state index in [4.69, 9.17) is 0 Å². The van der Waals surface area contributed by atoms with E-state index >= 15 is 0 Å². The van der Waals surface area contributed by atoms with Gasteiger partial charge in [-0.1, -0.05) is 6.42 Å². The zero-order valence-electron chi connectivity index (χ0n) is 14.9. The number of nitrogens with one attached hydrogen (secondary N) is 1. The summed E-state index contributed by atoms with van der Waals surface area (Å²) in [5.74, 6) is 0.193. The summed E-state index contributed by atoms with van der Waals surface area (Å²) in [6.07, 6.45) is 3.82. The highest BCUT2D eigenvalue weighted by atomic mass is 19.1. The lowest BCUT2D eigenvalue weighted by molar-refractivity contribution is 0.237. The van der Waals surface area contributed by atoms with Crippen LogP contribution in [0.15, 0.2) is 29.1 Å². The fraction of sp³-hybridized carbons (Fsp3) is 0.474. The Kier molecular flexibility index (Phi) is 5.48. The van der Waals surface area contributed by atoms with Crippen molar-refractivity contribution >= 4 is 5.69 Å². The normalized spacial score (nSPS) is 15.3. The number of rotatable bonds is 5. The maximum absolute atomic E-state index is 14.4. The first-order chi connectivity index (χ1) is 12.0. The van der Waals surface area contributed by atoms with Crippen LogP contribution in [0.1, 0.15) is 30.8 Å². The molecule has 25 heavy (non-hydrogen) atoms. The number of aromatic nitrogens is 2. The second-order valence-electron chi connectivity index (χ2n) is 6.61. The van der Waals surface area contributed by atoms with E-state index in [0.717, 1.165) is 19.6 Å². The van der Waals surface area contributed by atoms with Gasteiger partial charge in [-0.15, -0.1) is 0 Å². The lowest BCUT2D eigenvalue weighted by Gasteiger charge is -2.26. The van der Waals surface area contributed by atoms with Crippen LogP contribution in [0, 0.1) is 19.7 Å². The molecule has 1 aromatic carbocycles. The first-order valence-corrected chi connectivity index (χ1v) is 8.88. The number of hydrogen-bond acceptors (Lipinski definition) is 4. The van der Waals surface area contributed by atoms with Gasteiger partial charge in [0.25, 0.3) is 5.56 Å². The third kappa shape index (κ3) is 4.25. The lowest BCUT2D eigenvalue weighted by Crippen LogP contribution is -2.33. The molecule has 1 saturated heterocycles. The minimum Gasteiger partial charge on any atom is -0.381 e. The quantitative estimate of drug-likeness (QED) is 0.906. The molecule has 0 amide bonds. The molecular formula is C19H25FN4O. The Morgan fingerprint density at radius 1 is 1.16 bits per heavy atom. The second kappa shape index (κ2) is 7.78. The summed E-state index contributed by atoms with van der Waals surface area (Å²) < 4.78 is 15.9. The minimum atomic E-state index is -0.358. The maximum Gasteiger partial charge on any atom is 0.258 e. The number of anilines is 1. The van der Waals surface area contributed by atoms with Crippen LogP contribution in [0.2, 0.25) is 0 Å². The Hall–Kier alpha value is -2.21. The highest BCUT2D eigenvalue weighted by Crippen LogP contribution is 2.18. The fourth-order valence-electron chi connectivity index (χ4n) is 3.37. The molecule has 0 bridgehead atoms. The van der Waals surface area contributed by atoms with Crippen LogP contribution in [-0.4, -0.2) is 40.6 Å². The van der Waals surface area contributed by atoms with E-state index in [1.54, 1.807) is 26.0 Å². The van der Waals surface area contributed by atoms with Crippen LogP contribution < -0.4 is 10.9 Å². The van der Waals surface area contributed by atoms with Crippen molar-refractivity contribution in [2.24, 2.45) is 0 Å². The topological polar surface area (TPSA) is 50.2 Å². The molecule has 5 nitrogen and oxygen atoms in total. The summed E-state index contributed by atoms with van der Waals surface area (Å²) in [5.41, 5.74) is 1.42. The molecule has 1 fully saturated rings. The predicted molar refractivity (Wildman–Crippen MR) is 98.0 cm³/mol. The average Bonchev–Trinajstić information content (AvgIpc) is 2.57. The molecule has 0 unspecified atom stereocenters. The zero-order valence-corrected chi connectivity index (χ0v) is 14.9. The number of likely N-dealkylation sites (tertiary alicyclic amines) is 1. The van der Waals surface area contributed by atoms with E-state index in [9.17, 15) is 9.18 Å². The molecular weight excluding hydrogens is 319 g/mol. The van der Waals surface area contributed by atoms with Crippen LogP contribution in [0.25, 0.3) is 5.69 Å². The van der Waals surface area contributed by atoms with Crippen molar-refractivity contribution in [2.45, 2.75) is 33.1 Å². The number of hydrogen-bond donors (Lipinski definition) is 1. The van der Waals surface area contributed by atoms with Gasteiger partial charge >= 0.3 is 0 Å². The highest BCUT2D eigenvalue weighted by Gasteiger charge is 2.11. The molecule has 1 aromatic heterocycles. The van der Waals surface area contributed by atoms with E-state index in [1.807, 2.05) is 0 Å². The van der Waals surface area contributed by atoms with Gasteiger partial charge in [-0.25, -0.2) is 9.37 Å². The van der Waals surface area contributed by atoms with Gasteiger partial charge in [0.2, 0.25) is 0 Å². The summed E-state index contributed by atoms with van der Waals surface area (Å²) in [5, 5.41) is 3.16. The smallest absolute Gasteiger partial charge is 0.258 e. The van der Waals surface area contributed by atoms with Crippen molar-refractivity contribution in [3.63, 3.8) is 0 Å². The molecule has 0 saturated carbocycles. The first-order valence-electron chi connectivity index (χ1n) is 8.88. The number of nitrogens with zero attached hydrogens (tertiary/aromatic N) is 3. The average molecular weight is 344 g/mol. The Bertz CT molecular complexity index is 796. The molecule has 3 rings (SSSR count). The molecule has 1 aliphatic heterocycles. The van der Waals surface area contributed by atoms with Gasteiger partial charge in [-0.3, -0.25) is 9.36 Å². The lowest BCUT2D eigenvalue weighted by atomic mass is 10.1. The van der Waals surface area contributed by atoms with Crippen molar-refractivity contribution in [1.29, 1.82) is 0 Å². The molecule has 134 valence electrons. The van der Waals surface area contributed by atoms with Gasteiger partial charge in [-0.05, 0) is 51.9 Å². The Morgan fingerprint density at radius 2 is 1.92 bits per heavy atom. The monoisotopic (exact) mass is 344 g/mol. The van der Waals surface area contributed by atoms with Crippen molar-refractivity contribution in [3.05, 3.63) is 52.0 Å². The number of benzene rings is 1. The van der Waals surface area contributed by atoms with Crippen molar-refractivity contribution in [1.82, 2.24) is 14.5 Å². The van der Waals surface area contributed by atoms with Gasteiger partial charge in [0.05, 0.1) is 11.4 Å². The maximum atomic E-state index is 14.4. The van der Waals surface area contributed by atoms with Gasteiger partial charge in [0.15, 0.2) is 0 Å². The van der Waals surface area contributed by atoms with Crippen LogP contribution in [0.3, 0.4) is 0 Å². The first kappa shape index (κ1) is 17.6. The van der Waals surface area contributed by atoms with E-state index in [2.05, 4.69) is 15.2 Å². The SMILES string of the molecule is Cc1cc(=O)n(-c2ccc(NCCN3CCCCC3)c(F)c2)c(C)n1. The molecule has 1 N–H and O–H groups in total. The summed E-state index contributed by atoms with van der Waals surface area (Å²) in [6.45, 7) is 7.41. The molecule has 6 heteroatoms. The molecule has 1 aliphatic rings. The van der Waals surface area contributed by atoms with Gasteiger partial charge < -0.3 is 10.2 Å². The summed E-state index contributed by atoms with van der Waals surface area (Å²) >= 11 is 0. The van der Waals surface area contributed by atoms with Gasteiger partial charge in [-0.2, -0.15) is 0 Å². The number of piperidine rings is 1. The van der Waals surface area contributed by atoms with Crippen molar-refractivity contribution < 1.29 is 4.39 Å². The standard InChI is InChI=1S/C19H25FN4O/c1-14-12-19(25)24(15(2)22-14)16-6-7-18(17(20)13-16)21-8-11-23-9-4-3-5-10-23/h6-7,12-13,21H,3-5,8-11H2,1-2H3. The van der Waals surface area contributed by atoms with Crippen LogP contribution in [0.5, 0.6) is 0 Å². The molecule has 0 radical (unpaired) electrons. The van der Waals surface area contributed by atoms with Crippen molar-refractivity contribution in [2.75, 3.05) is 31.5 Å². The minimum absolute atomic E-state index is 0.199. The Morgan fingerprint density at radius 3 is 2.60 bits per heavy atom. The largest absolute Gasteiger partial charge is 0.381 e. The number of aryl methyl sites for hydroxylation is 2. The Labute approximate surface area is 147 Å².